The predicted molar refractivity (Wildman–Crippen MR) is 59.8 cm³/mol. The zero-order valence-electron chi connectivity index (χ0n) is 9.89. The fourth-order valence-corrected chi connectivity index (χ4v) is 1.56. The highest BCUT2D eigenvalue weighted by molar-refractivity contribution is 7.90. The highest BCUT2D eigenvalue weighted by atomic mass is 32.2. The summed E-state index contributed by atoms with van der Waals surface area (Å²) in [5.74, 6) is 0.00986. The van der Waals surface area contributed by atoms with Crippen molar-refractivity contribution in [2.24, 2.45) is 5.41 Å². The van der Waals surface area contributed by atoms with Crippen molar-refractivity contribution < 1.29 is 13.2 Å². The molecule has 0 aliphatic heterocycles. The minimum atomic E-state index is -3.25. The number of hydrogen-bond donors (Lipinski definition) is 0. The first-order chi connectivity index (χ1) is 7.10. The van der Waals surface area contributed by atoms with Crippen molar-refractivity contribution in [1.29, 1.82) is 0 Å². The van der Waals surface area contributed by atoms with Gasteiger partial charge in [-0.1, -0.05) is 20.8 Å². The molecule has 90 valence electrons. The third-order valence-electron chi connectivity index (χ3n) is 2.18. The minimum absolute atomic E-state index is 0.00986. The molecule has 1 aromatic heterocycles. The molecule has 0 fully saturated rings. The van der Waals surface area contributed by atoms with E-state index in [2.05, 4.69) is 5.10 Å². The van der Waals surface area contributed by atoms with Gasteiger partial charge in [0.25, 0.3) is 0 Å². The maximum atomic E-state index is 11.7. The molecule has 5 nitrogen and oxygen atoms in total. The number of sulfone groups is 1. The summed E-state index contributed by atoms with van der Waals surface area (Å²) in [5, 5.41) is 3.85. The number of carbonyl (C=O) groups excluding carboxylic acids is 1. The summed E-state index contributed by atoms with van der Waals surface area (Å²) in [6, 6.07) is 0. The first-order valence-corrected chi connectivity index (χ1v) is 6.75. The van der Waals surface area contributed by atoms with Gasteiger partial charge in [-0.2, -0.15) is 5.10 Å². The minimum Gasteiger partial charge on any atom is -0.297 e. The molecular formula is C10H16N2O3S. The Morgan fingerprint density at radius 3 is 2.38 bits per heavy atom. The lowest BCUT2D eigenvalue weighted by molar-refractivity contribution is -0.127. The van der Waals surface area contributed by atoms with Gasteiger partial charge in [-0.15, -0.1) is 0 Å². The molecule has 1 aromatic rings. The van der Waals surface area contributed by atoms with Crippen LogP contribution in [0, 0.1) is 5.41 Å². The first-order valence-electron chi connectivity index (χ1n) is 4.86. The van der Waals surface area contributed by atoms with E-state index in [1.54, 1.807) is 0 Å². The van der Waals surface area contributed by atoms with Gasteiger partial charge < -0.3 is 0 Å². The molecule has 0 unspecified atom stereocenters. The van der Waals surface area contributed by atoms with Gasteiger partial charge in [-0.25, -0.2) is 8.42 Å². The monoisotopic (exact) mass is 244 g/mol. The highest BCUT2D eigenvalue weighted by Crippen LogP contribution is 2.16. The Hall–Kier alpha value is -1.17. The quantitative estimate of drug-likeness (QED) is 0.792. The Labute approximate surface area is 95.4 Å². The average molecular weight is 244 g/mol. The molecule has 0 aromatic carbocycles. The second kappa shape index (κ2) is 4.01. The fourth-order valence-electron chi connectivity index (χ4n) is 1.01. The van der Waals surface area contributed by atoms with E-state index in [-0.39, 0.29) is 17.2 Å². The number of Topliss-reactive ketones (excluding diaryl/α,β-unsaturated/α-hetero) is 1. The Balaban J connectivity index is 2.86. The molecule has 0 aliphatic carbocycles. The standard InChI is InChI=1S/C10H16N2O3S/c1-10(2,3)9(13)7-12-6-8(5-11-12)16(4,14)15/h5-6H,7H2,1-4H3. The normalized spacial score (nSPS) is 12.8. The lowest BCUT2D eigenvalue weighted by Gasteiger charge is -2.15. The van der Waals surface area contributed by atoms with Crippen LogP contribution in [0.15, 0.2) is 17.3 Å². The van der Waals surface area contributed by atoms with Crippen molar-refractivity contribution >= 4 is 15.6 Å². The van der Waals surface area contributed by atoms with Crippen LogP contribution in [-0.2, 0) is 21.2 Å². The Bertz CT molecular complexity index is 494. The van der Waals surface area contributed by atoms with Crippen LogP contribution in [-0.4, -0.2) is 30.2 Å². The number of rotatable bonds is 3. The van der Waals surface area contributed by atoms with Crippen LogP contribution in [0.4, 0.5) is 0 Å². The topological polar surface area (TPSA) is 69.0 Å². The van der Waals surface area contributed by atoms with Gasteiger partial charge in [0.2, 0.25) is 0 Å². The lowest BCUT2D eigenvalue weighted by atomic mass is 9.91. The molecule has 0 N–H and O–H groups in total. The highest BCUT2D eigenvalue weighted by Gasteiger charge is 2.22. The van der Waals surface area contributed by atoms with E-state index in [1.165, 1.54) is 17.1 Å². The zero-order chi connectivity index (χ0) is 12.6. The molecule has 0 aliphatic rings. The van der Waals surface area contributed by atoms with Gasteiger partial charge in [0, 0.05) is 17.9 Å². The van der Waals surface area contributed by atoms with Crippen LogP contribution in [0.25, 0.3) is 0 Å². The van der Waals surface area contributed by atoms with E-state index in [0.717, 1.165) is 6.26 Å². The Kier molecular flexibility index (Phi) is 3.23. The van der Waals surface area contributed by atoms with Crippen LogP contribution in [0.1, 0.15) is 20.8 Å². The van der Waals surface area contributed by atoms with E-state index >= 15 is 0 Å². The van der Waals surface area contributed by atoms with Gasteiger partial charge >= 0.3 is 0 Å². The van der Waals surface area contributed by atoms with E-state index in [4.69, 9.17) is 0 Å². The van der Waals surface area contributed by atoms with Crippen LogP contribution >= 0.6 is 0 Å². The summed E-state index contributed by atoms with van der Waals surface area (Å²) in [6.07, 6.45) is 3.74. The molecular weight excluding hydrogens is 228 g/mol. The van der Waals surface area contributed by atoms with Gasteiger partial charge in [0.05, 0.1) is 6.20 Å². The molecule has 0 saturated carbocycles. The second-order valence-corrected chi connectivity index (χ2v) is 6.83. The van der Waals surface area contributed by atoms with Crippen LogP contribution in [0.3, 0.4) is 0 Å². The third-order valence-corrected chi connectivity index (χ3v) is 3.25. The van der Waals surface area contributed by atoms with Crippen LogP contribution < -0.4 is 0 Å². The maximum absolute atomic E-state index is 11.7. The molecule has 1 rings (SSSR count). The van der Waals surface area contributed by atoms with Crippen LogP contribution in [0.5, 0.6) is 0 Å². The molecule has 0 saturated heterocycles. The largest absolute Gasteiger partial charge is 0.297 e. The van der Waals surface area contributed by atoms with Crippen molar-refractivity contribution in [2.45, 2.75) is 32.2 Å². The molecule has 0 amide bonds. The fraction of sp³-hybridized carbons (Fsp3) is 0.600. The SMILES string of the molecule is CC(C)(C)C(=O)Cn1cc(S(C)(=O)=O)cn1. The van der Waals surface area contributed by atoms with Crippen molar-refractivity contribution in [3.63, 3.8) is 0 Å². The maximum Gasteiger partial charge on any atom is 0.178 e. The summed E-state index contributed by atoms with van der Waals surface area (Å²) >= 11 is 0. The number of aromatic nitrogens is 2. The van der Waals surface area contributed by atoms with E-state index in [9.17, 15) is 13.2 Å². The summed E-state index contributed by atoms with van der Waals surface area (Å²) in [5.41, 5.74) is -0.447. The first kappa shape index (κ1) is 12.9. The molecule has 0 spiro atoms. The molecule has 6 heteroatoms. The van der Waals surface area contributed by atoms with Crippen LogP contribution in [0.2, 0.25) is 0 Å². The summed E-state index contributed by atoms with van der Waals surface area (Å²) in [6.45, 7) is 5.54. The van der Waals surface area contributed by atoms with E-state index in [0.29, 0.717) is 0 Å². The van der Waals surface area contributed by atoms with E-state index in [1.807, 2.05) is 20.8 Å². The summed E-state index contributed by atoms with van der Waals surface area (Å²) in [4.78, 5) is 11.8. The summed E-state index contributed by atoms with van der Waals surface area (Å²) in [7, 11) is -3.25. The molecule has 1 heterocycles. The van der Waals surface area contributed by atoms with Crippen molar-refractivity contribution in [3.05, 3.63) is 12.4 Å². The molecule has 0 atom stereocenters. The van der Waals surface area contributed by atoms with Crippen molar-refractivity contribution in [3.8, 4) is 0 Å². The van der Waals surface area contributed by atoms with Gasteiger partial charge in [-0.05, 0) is 0 Å². The number of nitrogens with zero attached hydrogens (tertiary/aromatic N) is 2. The van der Waals surface area contributed by atoms with E-state index < -0.39 is 15.3 Å². The van der Waals surface area contributed by atoms with Gasteiger partial charge in [0.1, 0.15) is 11.4 Å². The molecule has 0 bridgehead atoms. The summed E-state index contributed by atoms with van der Waals surface area (Å²) < 4.78 is 23.7. The number of ketones is 1. The third kappa shape index (κ3) is 3.16. The number of carbonyl (C=O) groups is 1. The molecule has 0 radical (unpaired) electrons. The average Bonchev–Trinajstić information content (AvgIpc) is 2.49. The smallest absolute Gasteiger partial charge is 0.178 e. The van der Waals surface area contributed by atoms with Gasteiger partial charge in [0.15, 0.2) is 15.6 Å². The predicted octanol–water partition coefficient (Wildman–Crippen LogP) is 0.902. The zero-order valence-corrected chi connectivity index (χ0v) is 10.7. The van der Waals surface area contributed by atoms with Crippen molar-refractivity contribution in [1.82, 2.24) is 9.78 Å². The van der Waals surface area contributed by atoms with Crippen molar-refractivity contribution in [2.75, 3.05) is 6.26 Å². The molecule has 16 heavy (non-hydrogen) atoms. The lowest BCUT2D eigenvalue weighted by Crippen LogP contribution is -2.25. The Morgan fingerprint density at radius 1 is 1.44 bits per heavy atom. The van der Waals surface area contributed by atoms with Gasteiger partial charge in [-0.3, -0.25) is 9.48 Å². The second-order valence-electron chi connectivity index (χ2n) is 4.82. The number of hydrogen-bond acceptors (Lipinski definition) is 4. The Morgan fingerprint density at radius 2 is 2.00 bits per heavy atom.